The van der Waals surface area contributed by atoms with Gasteiger partial charge in [0.25, 0.3) is 0 Å². The standard InChI is InChI=1S/C12H23N5/c1-3-9-8-10(4-2)17-12(14-9)15-11(16-17)6-5-7-13/h9-10H,3-8,13H2,1-2H3,(H,14,15,16). The molecule has 0 spiro atoms. The molecule has 0 aliphatic carbocycles. The molecule has 0 saturated heterocycles. The van der Waals surface area contributed by atoms with Crippen molar-refractivity contribution in [3.63, 3.8) is 0 Å². The fourth-order valence-corrected chi connectivity index (χ4v) is 2.36. The second-order valence-corrected chi connectivity index (χ2v) is 4.74. The van der Waals surface area contributed by atoms with Gasteiger partial charge in [-0.2, -0.15) is 10.1 Å². The molecule has 0 radical (unpaired) electrons. The summed E-state index contributed by atoms with van der Waals surface area (Å²) in [7, 11) is 0. The highest BCUT2D eigenvalue weighted by Crippen LogP contribution is 2.28. The SMILES string of the molecule is CCC1CC(CC)n2nc(CCCN)nc2N1. The molecule has 1 aromatic rings. The van der Waals surface area contributed by atoms with Crippen molar-refractivity contribution < 1.29 is 0 Å². The maximum absolute atomic E-state index is 5.52. The van der Waals surface area contributed by atoms with Gasteiger partial charge in [0.05, 0.1) is 6.04 Å². The van der Waals surface area contributed by atoms with Crippen LogP contribution in [0.4, 0.5) is 5.95 Å². The van der Waals surface area contributed by atoms with E-state index in [0.29, 0.717) is 18.6 Å². The Kier molecular flexibility index (Phi) is 3.99. The highest BCUT2D eigenvalue weighted by Gasteiger charge is 2.26. The number of rotatable bonds is 5. The minimum atomic E-state index is 0.496. The molecule has 0 amide bonds. The Bertz CT molecular complexity index is 360. The molecular formula is C12H23N5. The Labute approximate surface area is 103 Å². The average molecular weight is 237 g/mol. The second-order valence-electron chi connectivity index (χ2n) is 4.74. The van der Waals surface area contributed by atoms with E-state index in [9.17, 15) is 0 Å². The molecule has 5 heteroatoms. The molecule has 2 rings (SSSR count). The van der Waals surface area contributed by atoms with E-state index >= 15 is 0 Å². The van der Waals surface area contributed by atoms with E-state index in [1.165, 1.54) is 0 Å². The summed E-state index contributed by atoms with van der Waals surface area (Å²) in [6.07, 6.45) is 5.24. The predicted octanol–water partition coefficient (Wildman–Crippen LogP) is 1.71. The summed E-state index contributed by atoms with van der Waals surface area (Å²) in [4.78, 5) is 4.57. The molecule has 0 fully saturated rings. The molecule has 2 atom stereocenters. The summed E-state index contributed by atoms with van der Waals surface area (Å²) in [5.74, 6) is 1.87. The van der Waals surface area contributed by atoms with Crippen LogP contribution in [0.2, 0.25) is 0 Å². The van der Waals surface area contributed by atoms with Gasteiger partial charge >= 0.3 is 0 Å². The number of nitrogens with two attached hydrogens (primary N) is 1. The van der Waals surface area contributed by atoms with E-state index in [1.54, 1.807) is 0 Å². The van der Waals surface area contributed by atoms with Gasteiger partial charge in [-0.3, -0.25) is 0 Å². The Morgan fingerprint density at radius 3 is 2.88 bits per heavy atom. The first kappa shape index (κ1) is 12.4. The van der Waals surface area contributed by atoms with Gasteiger partial charge in [0.2, 0.25) is 5.95 Å². The zero-order chi connectivity index (χ0) is 12.3. The maximum atomic E-state index is 5.52. The van der Waals surface area contributed by atoms with Gasteiger partial charge in [-0.25, -0.2) is 4.68 Å². The van der Waals surface area contributed by atoms with Crippen molar-refractivity contribution in [3.05, 3.63) is 5.82 Å². The fourth-order valence-electron chi connectivity index (χ4n) is 2.36. The summed E-state index contributed by atoms with van der Waals surface area (Å²) >= 11 is 0. The lowest BCUT2D eigenvalue weighted by molar-refractivity contribution is 0.359. The third-order valence-electron chi connectivity index (χ3n) is 3.48. The van der Waals surface area contributed by atoms with Crippen molar-refractivity contribution in [2.24, 2.45) is 5.73 Å². The van der Waals surface area contributed by atoms with Gasteiger partial charge in [-0.15, -0.1) is 0 Å². The minimum Gasteiger partial charge on any atom is -0.352 e. The number of nitrogens with zero attached hydrogens (tertiary/aromatic N) is 3. The molecule has 0 aromatic carbocycles. The van der Waals surface area contributed by atoms with Gasteiger partial charge in [-0.05, 0) is 32.2 Å². The van der Waals surface area contributed by atoms with Crippen LogP contribution in [-0.4, -0.2) is 27.4 Å². The largest absolute Gasteiger partial charge is 0.352 e. The van der Waals surface area contributed by atoms with E-state index in [4.69, 9.17) is 5.73 Å². The third kappa shape index (κ3) is 2.60. The molecule has 96 valence electrons. The first-order valence-electron chi connectivity index (χ1n) is 6.70. The number of nitrogens with one attached hydrogen (secondary N) is 1. The first-order valence-corrected chi connectivity index (χ1v) is 6.70. The molecular weight excluding hydrogens is 214 g/mol. The summed E-state index contributed by atoms with van der Waals surface area (Å²) in [5.41, 5.74) is 5.52. The molecule has 5 nitrogen and oxygen atoms in total. The molecule has 3 N–H and O–H groups in total. The molecule has 1 aliphatic heterocycles. The van der Waals surface area contributed by atoms with Crippen LogP contribution in [0.25, 0.3) is 0 Å². The van der Waals surface area contributed by atoms with Gasteiger partial charge < -0.3 is 11.1 Å². The molecule has 17 heavy (non-hydrogen) atoms. The number of anilines is 1. The zero-order valence-corrected chi connectivity index (χ0v) is 10.8. The van der Waals surface area contributed by atoms with Gasteiger partial charge in [0, 0.05) is 12.5 Å². The Hall–Kier alpha value is -1.10. The summed E-state index contributed by atoms with van der Waals surface area (Å²) in [6, 6.07) is 1.04. The quantitative estimate of drug-likeness (QED) is 0.818. The van der Waals surface area contributed by atoms with E-state index < -0.39 is 0 Å². The highest BCUT2D eigenvalue weighted by atomic mass is 15.4. The number of fused-ring (bicyclic) bond motifs is 1. The van der Waals surface area contributed by atoms with Gasteiger partial charge in [-0.1, -0.05) is 13.8 Å². The lowest BCUT2D eigenvalue weighted by Crippen LogP contribution is -2.31. The molecule has 0 saturated carbocycles. The predicted molar refractivity (Wildman–Crippen MR) is 69.0 cm³/mol. The minimum absolute atomic E-state index is 0.496. The number of hydrogen-bond donors (Lipinski definition) is 2. The van der Waals surface area contributed by atoms with Crippen LogP contribution >= 0.6 is 0 Å². The maximum Gasteiger partial charge on any atom is 0.221 e. The topological polar surface area (TPSA) is 68.8 Å². The van der Waals surface area contributed by atoms with Gasteiger partial charge in [0.1, 0.15) is 0 Å². The van der Waals surface area contributed by atoms with E-state index in [-0.39, 0.29) is 0 Å². The molecule has 2 heterocycles. The first-order chi connectivity index (χ1) is 8.28. The Morgan fingerprint density at radius 1 is 1.41 bits per heavy atom. The normalized spacial score (nSPS) is 23.2. The number of aryl methyl sites for hydroxylation is 1. The molecule has 1 aromatic heterocycles. The van der Waals surface area contributed by atoms with E-state index in [1.807, 2.05) is 0 Å². The summed E-state index contributed by atoms with van der Waals surface area (Å²) < 4.78 is 2.07. The monoisotopic (exact) mass is 237 g/mol. The molecule has 0 bridgehead atoms. The second kappa shape index (κ2) is 5.49. The molecule has 2 unspecified atom stereocenters. The van der Waals surface area contributed by atoms with Crippen molar-refractivity contribution in [3.8, 4) is 0 Å². The fraction of sp³-hybridized carbons (Fsp3) is 0.833. The van der Waals surface area contributed by atoms with Crippen molar-refractivity contribution in [1.29, 1.82) is 0 Å². The Morgan fingerprint density at radius 2 is 2.24 bits per heavy atom. The zero-order valence-electron chi connectivity index (χ0n) is 10.8. The van der Waals surface area contributed by atoms with Crippen LogP contribution in [-0.2, 0) is 6.42 Å². The lowest BCUT2D eigenvalue weighted by Gasteiger charge is -2.29. The van der Waals surface area contributed by atoms with Crippen molar-refractivity contribution in [2.75, 3.05) is 11.9 Å². The van der Waals surface area contributed by atoms with Gasteiger partial charge in [0.15, 0.2) is 5.82 Å². The Balaban J connectivity index is 2.16. The third-order valence-corrected chi connectivity index (χ3v) is 3.48. The highest BCUT2D eigenvalue weighted by molar-refractivity contribution is 5.30. The summed E-state index contributed by atoms with van der Waals surface area (Å²) in [6.45, 7) is 5.13. The van der Waals surface area contributed by atoms with Crippen molar-refractivity contribution in [1.82, 2.24) is 14.8 Å². The van der Waals surface area contributed by atoms with Crippen LogP contribution in [0, 0.1) is 0 Å². The van der Waals surface area contributed by atoms with E-state index in [0.717, 1.165) is 43.9 Å². The van der Waals surface area contributed by atoms with Crippen LogP contribution in [0.3, 0.4) is 0 Å². The van der Waals surface area contributed by atoms with Crippen LogP contribution in [0.15, 0.2) is 0 Å². The lowest BCUT2D eigenvalue weighted by atomic mass is 10.0. The van der Waals surface area contributed by atoms with E-state index in [2.05, 4.69) is 33.9 Å². The molecule has 1 aliphatic rings. The van der Waals surface area contributed by atoms with Crippen LogP contribution < -0.4 is 11.1 Å². The van der Waals surface area contributed by atoms with Crippen molar-refractivity contribution in [2.45, 2.75) is 58.0 Å². The van der Waals surface area contributed by atoms with Crippen LogP contribution in [0.5, 0.6) is 0 Å². The number of aromatic nitrogens is 3. The van der Waals surface area contributed by atoms with Crippen LogP contribution in [0.1, 0.15) is 51.4 Å². The summed E-state index contributed by atoms with van der Waals surface area (Å²) in [5, 5.41) is 8.06. The smallest absolute Gasteiger partial charge is 0.221 e. The van der Waals surface area contributed by atoms with Crippen molar-refractivity contribution >= 4 is 5.95 Å². The number of hydrogen-bond acceptors (Lipinski definition) is 4. The average Bonchev–Trinajstić information content (AvgIpc) is 2.77.